The second-order valence-electron chi connectivity index (χ2n) is 3.05. The number of esters is 1. The van der Waals surface area contributed by atoms with Crippen LogP contribution < -0.4 is 5.73 Å². The van der Waals surface area contributed by atoms with Gasteiger partial charge in [-0.05, 0) is 6.07 Å². The molecule has 0 aromatic carbocycles. The first kappa shape index (κ1) is 11.1. The van der Waals surface area contributed by atoms with Crippen molar-refractivity contribution in [1.82, 2.24) is 4.57 Å². The zero-order chi connectivity index (χ0) is 11.4. The van der Waals surface area contributed by atoms with Gasteiger partial charge in [-0.2, -0.15) is 0 Å². The number of anilines is 1. The quantitative estimate of drug-likeness (QED) is 0.697. The molecule has 0 aliphatic carbocycles. The van der Waals surface area contributed by atoms with E-state index >= 15 is 0 Å². The largest absolute Gasteiger partial charge is 0.481 e. The summed E-state index contributed by atoms with van der Waals surface area (Å²) in [5.41, 5.74) is 6.24. The Morgan fingerprint density at radius 1 is 1.60 bits per heavy atom. The molecule has 0 atom stereocenters. The van der Waals surface area contributed by atoms with E-state index in [-0.39, 0.29) is 13.0 Å². The topological polar surface area (TPSA) is 94.5 Å². The number of aryl methyl sites for hydroxylation is 1. The molecule has 0 aliphatic heterocycles. The first-order valence-electron chi connectivity index (χ1n) is 4.31. The maximum atomic E-state index is 11.4. The predicted molar refractivity (Wildman–Crippen MR) is 52.4 cm³/mol. The molecule has 0 unspecified atom stereocenters. The van der Waals surface area contributed by atoms with Gasteiger partial charge in [0.05, 0.1) is 12.1 Å². The van der Waals surface area contributed by atoms with E-state index in [0.717, 1.165) is 0 Å². The van der Waals surface area contributed by atoms with E-state index in [0.29, 0.717) is 11.4 Å². The normalized spacial score (nSPS) is 9.93. The molecule has 1 heterocycles. The third-order valence-corrected chi connectivity index (χ3v) is 1.78. The molecule has 1 aromatic heterocycles. The molecule has 1 rings (SSSR count). The molecule has 15 heavy (non-hydrogen) atoms. The maximum Gasteiger partial charge on any atom is 0.355 e. The summed E-state index contributed by atoms with van der Waals surface area (Å²) in [4.78, 5) is 21.5. The fourth-order valence-corrected chi connectivity index (χ4v) is 1.10. The van der Waals surface area contributed by atoms with Gasteiger partial charge >= 0.3 is 11.9 Å². The Kier molecular flexibility index (Phi) is 3.33. The van der Waals surface area contributed by atoms with Crippen LogP contribution >= 0.6 is 0 Å². The first-order valence-corrected chi connectivity index (χ1v) is 4.31. The van der Waals surface area contributed by atoms with Crippen LogP contribution in [-0.2, 0) is 16.6 Å². The van der Waals surface area contributed by atoms with Crippen LogP contribution in [-0.4, -0.2) is 28.2 Å². The number of nitrogens with zero attached hydrogens (tertiary/aromatic N) is 1. The lowest BCUT2D eigenvalue weighted by molar-refractivity contribution is -0.137. The fourth-order valence-electron chi connectivity index (χ4n) is 1.10. The van der Waals surface area contributed by atoms with E-state index in [2.05, 4.69) is 0 Å². The summed E-state index contributed by atoms with van der Waals surface area (Å²) < 4.78 is 6.26. The summed E-state index contributed by atoms with van der Waals surface area (Å²) in [6.45, 7) is -0.140. The van der Waals surface area contributed by atoms with Crippen molar-refractivity contribution in [2.24, 2.45) is 7.05 Å². The van der Waals surface area contributed by atoms with Crippen molar-refractivity contribution in [1.29, 1.82) is 0 Å². The van der Waals surface area contributed by atoms with Crippen LogP contribution in [0.4, 0.5) is 5.69 Å². The van der Waals surface area contributed by atoms with Crippen LogP contribution in [0.15, 0.2) is 12.3 Å². The number of carboxylic acids is 1. The number of ether oxygens (including phenoxy) is 1. The number of carbonyl (C=O) groups excluding carboxylic acids is 1. The SMILES string of the molecule is Cn1cc(N)cc1C(=O)OCCC(=O)O. The van der Waals surface area contributed by atoms with E-state index in [1.807, 2.05) is 0 Å². The Balaban J connectivity index is 2.54. The smallest absolute Gasteiger partial charge is 0.355 e. The standard InChI is InChI=1S/C9H12N2O4/c1-11-5-6(10)4-7(11)9(14)15-3-2-8(12)13/h4-5H,2-3,10H2,1H3,(H,12,13). The Labute approximate surface area is 86.2 Å². The van der Waals surface area contributed by atoms with Gasteiger partial charge in [-0.3, -0.25) is 4.79 Å². The van der Waals surface area contributed by atoms with E-state index < -0.39 is 11.9 Å². The number of carboxylic acid groups (broad SMARTS) is 1. The van der Waals surface area contributed by atoms with Gasteiger partial charge in [0.15, 0.2) is 0 Å². The lowest BCUT2D eigenvalue weighted by Gasteiger charge is -2.03. The van der Waals surface area contributed by atoms with E-state index in [1.54, 1.807) is 13.2 Å². The molecule has 82 valence electrons. The molecule has 3 N–H and O–H groups in total. The van der Waals surface area contributed by atoms with Crippen molar-refractivity contribution in [2.75, 3.05) is 12.3 Å². The first-order chi connectivity index (χ1) is 7.00. The number of nitrogens with two attached hydrogens (primary N) is 1. The van der Waals surface area contributed by atoms with Crippen molar-refractivity contribution in [3.8, 4) is 0 Å². The summed E-state index contributed by atoms with van der Waals surface area (Å²) in [5.74, 6) is -1.58. The van der Waals surface area contributed by atoms with Crippen LogP contribution in [0.25, 0.3) is 0 Å². The van der Waals surface area contributed by atoms with Gasteiger partial charge in [0.1, 0.15) is 12.3 Å². The number of carbonyl (C=O) groups is 2. The highest BCUT2D eigenvalue weighted by Crippen LogP contribution is 2.09. The monoisotopic (exact) mass is 212 g/mol. The zero-order valence-corrected chi connectivity index (χ0v) is 8.27. The van der Waals surface area contributed by atoms with Gasteiger partial charge in [0.25, 0.3) is 0 Å². The van der Waals surface area contributed by atoms with Crippen LogP contribution in [0.5, 0.6) is 0 Å². The molecule has 0 fully saturated rings. The molecule has 0 saturated heterocycles. The summed E-state index contributed by atoms with van der Waals surface area (Å²) >= 11 is 0. The van der Waals surface area contributed by atoms with Gasteiger partial charge in [-0.15, -0.1) is 0 Å². The van der Waals surface area contributed by atoms with Crippen molar-refractivity contribution >= 4 is 17.6 Å². The van der Waals surface area contributed by atoms with Gasteiger partial charge in [0.2, 0.25) is 0 Å². The molecule has 0 amide bonds. The summed E-state index contributed by atoms with van der Waals surface area (Å²) in [6, 6.07) is 1.48. The number of rotatable bonds is 4. The third-order valence-electron chi connectivity index (χ3n) is 1.78. The molecular formula is C9H12N2O4. The predicted octanol–water partition coefficient (Wildman–Crippen LogP) is 0.239. The van der Waals surface area contributed by atoms with Crippen LogP contribution in [0.2, 0.25) is 0 Å². The minimum atomic E-state index is -1.01. The summed E-state index contributed by atoms with van der Waals surface area (Å²) in [6.07, 6.45) is 1.37. The van der Waals surface area contributed by atoms with Crippen LogP contribution in [0.3, 0.4) is 0 Å². The minimum Gasteiger partial charge on any atom is -0.481 e. The average Bonchev–Trinajstić information content (AvgIpc) is 2.44. The highest BCUT2D eigenvalue weighted by Gasteiger charge is 2.12. The van der Waals surface area contributed by atoms with Crippen LogP contribution in [0, 0.1) is 0 Å². The van der Waals surface area contributed by atoms with Gasteiger partial charge in [-0.1, -0.05) is 0 Å². The number of aliphatic carboxylic acids is 1. The second-order valence-corrected chi connectivity index (χ2v) is 3.05. The minimum absolute atomic E-state index is 0.140. The molecule has 1 aromatic rings. The molecule has 0 radical (unpaired) electrons. The van der Waals surface area contributed by atoms with Gasteiger partial charge in [-0.25, -0.2) is 4.79 Å². The van der Waals surface area contributed by atoms with Crippen molar-refractivity contribution in [3.05, 3.63) is 18.0 Å². The highest BCUT2D eigenvalue weighted by atomic mass is 16.5. The average molecular weight is 212 g/mol. The number of hydrogen-bond acceptors (Lipinski definition) is 4. The maximum absolute atomic E-state index is 11.4. The second kappa shape index (κ2) is 4.50. The number of nitrogen functional groups attached to an aromatic ring is 1. The molecule has 6 heteroatoms. The van der Waals surface area contributed by atoms with E-state index in [1.165, 1.54) is 10.6 Å². The fraction of sp³-hybridized carbons (Fsp3) is 0.333. The van der Waals surface area contributed by atoms with E-state index in [9.17, 15) is 9.59 Å². The summed E-state index contributed by atoms with van der Waals surface area (Å²) in [5, 5.41) is 8.34. The Morgan fingerprint density at radius 3 is 2.73 bits per heavy atom. The van der Waals surface area contributed by atoms with Crippen molar-refractivity contribution in [3.63, 3.8) is 0 Å². The molecule has 6 nitrogen and oxygen atoms in total. The van der Waals surface area contributed by atoms with Gasteiger partial charge < -0.3 is 20.1 Å². The molecular weight excluding hydrogens is 200 g/mol. The summed E-state index contributed by atoms with van der Waals surface area (Å²) in [7, 11) is 1.66. The molecule has 0 bridgehead atoms. The number of hydrogen-bond donors (Lipinski definition) is 2. The lowest BCUT2D eigenvalue weighted by Crippen LogP contribution is -2.12. The van der Waals surface area contributed by atoms with Gasteiger partial charge in [0, 0.05) is 13.2 Å². The third kappa shape index (κ3) is 3.01. The molecule has 0 saturated carbocycles. The Bertz CT molecular complexity index is 383. The molecule has 0 aliphatic rings. The Hall–Kier alpha value is -1.98. The van der Waals surface area contributed by atoms with Crippen LogP contribution in [0.1, 0.15) is 16.9 Å². The highest BCUT2D eigenvalue weighted by molar-refractivity contribution is 5.89. The Morgan fingerprint density at radius 2 is 2.27 bits per heavy atom. The molecule has 0 spiro atoms. The van der Waals surface area contributed by atoms with Crippen molar-refractivity contribution in [2.45, 2.75) is 6.42 Å². The lowest BCUT2D eigenvalue weighted by atomic mass is 10.4. The zero-order valence-electron chi connectivity index (χ0n) is 8.27. The van der Waals surface area contributed by atoms with E-state index in [4.69, 9.17) is 15.6 Å². The number of aromatic nitrogens is 1. The van der Waals surface area contributed by atoms with Crippen molar-refractivity contribution < 1.29 is 19.4 Å².